The van der Waals surface area contributed by atoms with Gasteiger partial charge in [0, 0.05) is 6.61 Å². The summed E-state index contributed by atoms with van der Waals surface area (Å²) in [7, 11) is 0. The molecule has 1 aliphatic rings. The smallest absolute Gasteiger partial charge is 0.231 e. The van der Waals surface area contributed by atoms with Crippen LogP contribution in [0.15, 0.2) is 0 Å². The van der Waals surface area contributed by atoms with Gasteiger partial charge in [-0.25, -0.2) is 0 Å². The Labute approximate surface area is 99.9 Å². The summed E-state index contributed by atoms with van der Waals surface area (Å²) in [5.74, 6) is 0.248. The van der Waals surface area contributed by atoms with E-state index in [2.05, 4.69) is 15.5 Å². The third kappa shape index (κ3) is 2.26. The van der Waals surface area contributed by atoms with Crippen molar-refractivity contribution >= 4 is 17.4 Å². The highest BCUT2D eigenvalue weighted by Crippen LogP contribution is 2.26. The first-order chi connectivity index (χ1) is 8.13. The molecule has 94 valence electrons. The number of aryl methyl sites for hydroxylation is 1. The molecule has 2 rings (SSSR count). The van der Waals surface area contributed by atoms with Crippen molar-refractivity contribution in [3.8, 4) is 0 Å². The number of amides is 1. The van der Waals surface area contributed by atoms with Crippen LogP contribution >= 0.6 is 0 Å². The molecule has 2 heterocycles. The van der Waals surface area contributed by atoms with Gasteiger partial charge in [0.25, 0.3) is 0 Å². The topological polar surface area (TPSA) is 93.0 Å². The quantitative estimate of drug-likeness (QED) is 0.733. The number of aromatic nitrogens is 2. The van der Waals surface area contributed by atoms with Crippen LogP contribution < -0.4 is 11.1 Å². The third-order valence-electron chi connectivity index (χ3n) is 3.18. The molecule has 6 heteroatoms. The van der Waals surface area contributed by atoms with E-state index in [1.165, 1.54) is 0 Å². The number of nitrogens with one attached hydrogen (secondary N) is 2. The lowest BCUT2D eigenvalue weighted by molar-refractivity contribution is -0.121. The summed E-state index contributed by atoms with van der Waals surface area (Å²) < 4.78 is 5.49. The van der Waals surface area contributed by atoms with Crippen molar-refractivity contribution in [3.05, 3.63) is 5.69 Å². The minimum atomic E-state index is -0.101. The van der Waals surface area contributed by atoms with Crippen LogP contribution in [0.5, 0.6) is 0 Å². The van der Waals surface area contributed by atoms with E-state index in [1.807, 2.05) is 13.8 Å². The number of hydrogen-bond acceptors (Lipinski definition) is 4. The molecule has 1 aromatic rings. The predicted molar refractivity (Wildman–Crippen MR) is 64.5 cm³/mol. The highest BCUT2D eigenvalue weighted by atomic mass is 16.5. The standard InChI is InChI=1S/C11H18N4O2/c1-3-8-7(4-5-17-8)11(16)13-10-9(12)6(2)14-15-10/h7-8H,3-5,12H2,1-2H3,(H2,13,14,15,16). The van der Waals surface area contributed by atoms with Crippen molar-refractivity contribution < 1.29 is 9.53 Å². The molecule has 1 aliphatic heterocycles. The number of ether oxygens (including phenoxy) is 1. The van der Waals surface area contributed by atoms with Gasteiger partial charge >= 0.3 is 0 Å². The largest absolute Gasteiger partial charge is 0.394 e. The van der Waals surface area contributed by atoms with Crippen LogP contribution in [0, 0.1) is 12.8 Å². The number of nitrogens with zero attached hydrogens (tertiary/aromatic N) is 1. The number of anilines is 2. The van der Waals surface area contributed by atoms with Gasteiger partial charge in [0.05, 0.1) is 23.4 Å². The molecule has 17 heavy (non-hydrogen) atoms. The Balaban J connectivity index is 2.04. The lowest BCUT2D eigenvalue weighted by Gasteiger charge is -2.15. The molecule has 0 saturated carbocycles. The average Bonchev–Trinajstić information content (AvgIpc) is 2.90. The second-order valence-corrected chi connectivity index (χ2v) is 4.31. The number of aromatic amines is 1. The van der Waals surface area contributed by atoms with Crippen LogP contribution in [0.25, 0.3) is 0 Å². The fourth-order valence-corrected chi connectivity index (χ4v) is 2.09. The van der Waals surface area contributed by atoms with Crippen molar-refractivity contribution in [2.45, 2.75) is 32.8 Å². The molecule has 0 aromatic carbocycles. The van der Waals surface area contributed by atoms with Crippen LogP contribution in [-0.4, -0.2) is 28.8 Å². The second kappa shape index (κ2) is 4.75. The van der Waals surface area contributed by atoms with Gasteiger partial charge in [-0.3, -0.25) is 9.89 Å². The SMILES string of the molecule is CCC1OCCC1C(=O)Nc1n[nH]c(C)c1N. The van der Waals surface area contributed by atoms with Crippen LogP contribution in [0.1, 0.15) is 25.5 Å². The van der Waals surface area contributed by atoms with Gasteiger partial charge in [0.2, 0.25) is 5.91 Å². The Morgan fingerprint density at radius 1 is 1.71 bits per heavy atom. The first kappa shape index (κ1) is 11.9. The maximum absolute atomic E-state index is 12.0. The summed E-state index contributed by atoms with van der Waals surface area (Å²) in [5.41, 5.74) is 7.03. The van der Waals surface area contributed by atoms with E-state index in [0.29, 0.717) is 18.1 Å². The van der Waals surface area contributed by atoms with Gasteiger partial charge in [-0.15, -0.1) is 0 Å². The van der Waals surface area contributed by atoms with Gasteiger partial charge in [0.1, 0.15) is 0 Å². The minimum Gasteiger partial charge on any atom is -0.394 e. The summed E-state index contributed by atoms with van der Waals surface area (Å²) in [4.78, 5) is 12.0. The molecule has 0 radical (unpaired) electrons. The number of rotatable bonds is 3. The molecule has 0 bridgehead atoms. The number of hydrogen-bond donors (Lipinski definition) is 3. The maximum Gasteiger partial charge on any atom is 0.231 e. The van der Waals surface area contributed by atoms with E-state index in [-0.39, 0.29) is 17.9 Å². The first-order valence-electron chi connectivity index (χ1n) is 5.86. The zero-order valence-corrected chi connectivity index (χ0v) is 10.1. The van der Waals surface area contributed by atoms with Crippen molar-refractivity contribution in [2.75, 3.05) is 17.7 Å². The van der Waals surface area contributed by atoms with Crippen molar-refractivity contribution in [1.82, 2.24) is 10.2 Å². The summed E-state index contributed by atoms with van der Waals surface area (Å²) in [6.07, 6.45) is 1.61. The first-order valence-corrected chi connectivity index (χ1v) is 5.86. The van der Waals surface area contributed by atoms with Gasteiger partial charge < -0.3 is 15.8 Å². The van der Waals surface area contributed by atoms with E-state index in [1.54, 1.807) is 0 Å². The molecule has 1 aromatic heterocycles. The van der Waals surface area contributed by atoms with Crippen LogP contribution in [-0.2, 0) is 9.53 Å². The third-order valence-corrected chi connectivity index (χ3v) is 3.18. The molecule has 0 aliphatic carbocycles. The number of carbonyl (C=O) groups excluding carboxylic acids is 1. The summed E-state index contributed by atoms with van der Waals surface area (Å²) in [5, 5.41) is 9.44. The average molecular weight is 238 g/mol. The predicted octanol–water partition coefficient (Wildman–Crippen LogP) is 1.05. The summed E-state index contributed by atoms with van der Waals surface area (Å²) in [6, 6.07) is 0. The number of nitrogen functional groups attached to an aromatic ring is 1. The van der Waals surface area contributed by atoms with E-state index in [9.17, 15) is 4.79 Å². The molecule has 2 unspecified atom stereocenters. The second-order valence-electron chi connectivity index (χ2n) is 4.31. The molecule has 0 spiro atoms. The number of H-pyrrole nitrogens is 1. The fraction of sp³-hybridized carbons (Fsp3) is 0.636. The molecular weight excluding hydrogens is 220 g/mol. The van der Waals surface area contributed by atoms with Gasteiger partial charge in [-0.2, -0.15) is 5.10 Å². The highest BCUT2D eigenvalue weighted by Gasteiger charge is 2.33. The zero-order valence-electron chi connectivity index (χ0n) is 10.1. The lowest BCUT2D eigenvalue weighted by atomic mass is 9.99. The van der Waals surface area contributed by atoms with E-state index in [4.69, 9.17) is 10.5 Å². The Morgan fingerprint density at radius 2 is 2.47 bits per heavy atom. The van der Waals surface area contributed by atoms with Gasteiger partial charge in [0.15, 0.2) is 5.82 Å². The van der Waals surface area contributed by atoms with Crippen molar-refractivity contribution in [2.24, 2.45) is 5.92 Å². The molecule has 6 nitrogen and oxygen atoms in total. The Kier molecular flexibility index (Phi) is 3.33. The van der Waals surface area contributed by atoms with Gasteiger partial charge in [-0.1, -0.05) is 6.92 Å². The Hall–Kier alpha value is -1.56. The van der Waals surface area contributed by atoms with Crippen LogP contribution in [0.4, 0.5) is 11.5 Å². The zero-order chi connectivity index (χ0) is 12.4. The Bertz CT molecular complexity index is 416. The fourth-order valence-electron chi connectivity index (χ4n) is 2.09. The molecule has 2 atom stereocenters. The van der Waals surface area contributed by atoms with Crippen LogP contribution in [0.3, 0.4) is 0 Å². The summed E-state index contributed by atoms with van der Waals surface area (Å²) in [6.45, 7) is 4.47. The lowest BCUT2D eigenvalue weighted by Crippen LogP contribution is -2.29. The number of carbonyl (C=O) groups is 1. The van der Waals surface area contributed by atoms with Gasteiger partial charge in [-0.05, 0) is 19.8 Å². The van der Waals surface area contributed by atoms with E-state index in [0.717, 1.165) is 18.5 Å². The van der Waals surface area contributed by atoms with Crippen molar-refractivity contribution in [1.29, 1.82) is 0 Å². The molecule has 1 saturated heterocycles. The maximum atomic E-state index is 12.0. The molecule has 1 amide bonds. The monoisotopic (exact) mass is 238 g/mol. The number of nitrogens with two attached hydrogens (primary N) is 1. The highest BCUT2D eigenvalue weighted by molar-refractivity contribution is 5.94. The molecule has 1 fully saturated rings. The normalized spacial score (nSPS) is 23.9. The van der Waals surface area contributed by atoms with Crippen molar-refractivity contribution in [3.63, 3.8) is 0 Å². The Morgan fingerprint density at radius 3 is 3.06 bits per heavy atom. The van der Waals surface area contributed by atoms with E-state index < -0.39 is 0 Å². The minimum absolute atomic E-state index is 0.0104. The van der Waals surface area contributed by atoms with E-state index >= 15 is 0 Å². The van der Waals surface area contributed by atoms with Crippen LogP contribution in [0.2, 0.25) is 0 Å². The molecular formula is C11H18N4O2. The molecule has 4 N–H and O–H groups in total. The summed E-state index contributed by atoms with van der Waals surface area (Å²) >= 11 is 0.